The van der Waals surface area contributed by atoms with Crippen LogP contribution in [0.4, 0.5) is 5.82 Å². The summed E-state index contributed by atoms with van der Waals surface area (Å²) >= 11 is 1.50. The van der Waals surface area contributed by atoms with Crippen LogP contribution in [-0.2, 0) is 11.3 Å². The van der Waals surface area contributed by atoms with Gasteiger partial charge in [-0.1, -0.05) is 11.2 Å². The Morgan fingerprint density at radius 2 is 2.32 bits per heavy atom. The highest BCUT2D eigenvalue weighted by Gasteiger charge is 2.09. The van der Waals surface area contributed by atoms with Gasteiger partial charge in [0.1, 0.15) is 12.3 Å². The average molecular weight is 316 g/mol. The molecule has 7 nitrogen and oxygen atoms in total. The highest BCUT2D eigenvalue weighted by Crippen LogP contribution is 2.20. The van der Waals surface area contributed by atoms with Crippen LogP contribution in [-0.4, -0.2) is 20.6 Å². The Labute approximate surface area is 129 Å². The number of nitrogens with zero attached hydrogens (tertiary/aromatic N) is 3. The maximum Gasteiger partial charge on any atom is 0.254 e. The van der Waals surface area contributed by atoms with E-state index in [0.29, 0.717) is 17.3 Å². The minimum atomic E-state index is -0.374. The lowest BCUT2D eigenvalue weighted by molar-refractivity contribution is -0.116. The topological polar surface area (TPSA) is 90.0 Å². The molecule has 0 bridgehead atoms. The van der Waals surface area contributed by atoms with E-state index in [0.717, 1.165) is 4.88 Å². The maximum absolute atomic E-state index is 12.0. The molecule has 0 saturated heterocycles. The van der Waals surface area contributed by atoms with Gasteiger partial charge in [-0.15, -0.1) is 11.3 Å². The molecule has 3 aromatic rings. The Balaban J connectivity index is 1.72. The number of thiophene rings is 1. The third kappa shape index (κ3) is 3.12. The molecule has 3 heterocycles. The lowest BCUT2D eigenvalue weighted by Gasteiger charge is -2.05. The fourth-order valence-corrected chi connectivity index (χ4v) is 2.56. The van der Waals surface area contributed by atoms with Gasteiger partial charge in [0.2, 0.25) is 5.91 Å². The molecule has 8 heteroatoms. The largest absolute Gasteiger partial charge is 0.360 e. The van der Waals surface area contributed by atoms with Crippen molar-refractivity contribution in [1.29, 1.82) is 0 Å². The van der Waals surface area contributed by atoms with Gasteiger partial charge >= 0.3 is 0 Å². The van der Waals surface area contributed by atoms with Gasteiger partial charge in [0, 0.05) is 12.1 Å². The van der Waals surface area contributed by atoms with Crippen molar-refractivity contribution in [3.8, 4) is 10.6 Å². The van der Waals surface area contributed by atoms with E-state index < -0.39 is 0 Å². The molecule has 22 heavy (non-hydrogen) atoms. The van der Waals surface area contributed by atoms with Crippen molar-refractivity contribution in [2.24, 2.45) is 0 Å². The Morgan fingerprint density at radius 3 is 2.95 bits per heavy atom. The van der Waals surface area contributed by atoms with Gasteiger partial charge in [0.25, 0.3) is 5.56 Å². The summed E-state index contributed by atoms with van der Waals surface area (Å²) in [4.78, 5) is 29.0. The Bertz CT molecular complexity index is 851. The van der Waals surface area contributed by atoms with E-state index in [1.165, 1.54) is 28.3 Å². The summed E-state index contributed by atoms with van der Waals surface area (Å²) in [6.07, 6.45) is 1.37. The van der Waals surface area contributed by atoms with Gasteiger partial charge in [-0.05, 0) is 18.4 Å². The second-order valence-corrected chi connectivity index (χ2v) is 5.54. The normalized spacial score (nSPS) is 10.6. The molecule has 0 aromatic carbocycles. The first-order valence-corrected chi connectivity index (χ1v) is 7.33. The van der Waals surface area contributed by atoms with Gasteiger partial charge in [-0.2, -0.15) is 0 Å². The van der Waals surface area contributed by atoms with Crippen LogP contribution in [0, 0.1) is 6.92 Å². The molecule has 0 aliphatic rings. The van der Waals surface area contributed by atoms with E-state index in [4.69, 9.17) is 4.52 Å². The molecule has 3 aromatic heterocycles. The van der Waals surface area contributed by atoms with E-state index in [2.05, 4.69) is 15.5 Å². The van der Waals surface area contributed by atoms with Crippen LogP contribution >= 0.6 is 11.3 Å². The maximum atomic E-state index is 12.0. The number of carbonyl (C=O) groups excluding carboxylic acids is 1. The van der Waals surface area contributed by atoms with Gasteiger partial charge in [0.15, 0.2) is 5.82 Å². The average Bonchev–Trinajstić information content (AvgIpc) is 3.13. The monoisotopic (exact) mass is 316 g/mol. The Kier molecular flexibility index (Phi) is 3.84. The number of rotatable bonds is 4. The summed E-state index contributed by atoms with van der Waals surface area (Å²) in [5.41, 5.74) is 0.314. The number of hydrogen-bond acceptors (Lipinski definition) is 6. The molecular formula is C14H12N4O3S. The molecule has 112 valence electrons. The summed E-state index contributed by atoms with van der Waals surface area (Å²) < 4.78 is 6.09. The van der Waals surface area contributed by atoms with E-state index in [1.807, 2.05) is 17.5 Å². The van der Waals surface area contributed by atoms with Crippen LogP contribution in [0.3, 0.4) is 0 Å². The summed E-state index contributed by atoms with van der Waals surface area (Å²) in [5, 5.41) is 8.12. The number of aryl methyl sites for hydroxylation is 1. The third-order valence-electron chi connectivity index (χ3n) is 2.86. The van der Waals surface area contributed by atoms with Crippen molar-refractivity contribution >= 4 is 23.1 Å². The standard InChI is InChI=1S/C14H12N4O3S/c1-9-5-12(17-21-9)16-13(19)7-18-8-15-10(6-14(18)20)11-3-2-4-22-11/h2-6,8H,7H2,1H3,(H,16,17,19). The number of hydrogen-bond donors (Lipinski definition) is 1. The smallest absolute Gasteiger partial charge is 0.254 e. The van der Waals surface area contributed by atoms with Gasteiger partial charge in [-0.3, -0.25) is 14.2 Å². The summed E-state index contributed by atoms with van der Waals surface area (Å²) in [6, 6.07) is 6.79. The number of anilines is 1. The number of amides is 1. The number of carbonyl (C=O) groups is 1. The highest BCUT2D eigenvalue weighted by molar-refractivity contribution is 7.13. The Hall–Kier alpha value is -2.74. The summed E-state index contributed by atoms with van der Waals surface area (Å²) in [7, 11) is 0. The summed E-state index contributed by atoms with van der Waals surface area (Å²) in [6.45, 7) is 1.59. The molecule has 0 spiro atoms. The van der Waals surface area contributed by atoms with Gasteiger partial charge in [-0.25, -0.2) is 4.98 Å². The molecule has 0 aliphatic heterocycles. The van der Waals surface area contributed by atoms with Crippen molar-refractivity contribution in [3.05, 3.63) is 52.1 Å². The molecule has 3 rings (SSSR count). The minimum absolute atomic E-state index is 0.136. The van der Waals surface area contributed by atoms with Crippen LogP contribution in [0.15, 0.2) is 45.3 Å². The van der Waals surface area contributed by atoms with E-state index in [-0.39, 0.29) is 18.0 Å². The number of nitrogens with one attached hydrogen (secondary N) is 1. The first-order valence-electron chi connectivity index (χ1n) is 6.45. The first kappa shape index (κ1) is 14.2. The van der Waals surface area contributed by atoms with E-state index >= 15 is 0 Å². The van der Waals surface area contributed by atoms with E-state index in [9.17, 15) is 9.59 Å². The van der Waals surface area contributed by atoms with Crippen LogP contribution < -0.4 is 10.9 Å². The van der Waals surface area contributed by atoms with Gasteiger partial charge < -0.3 is 9.84 Å². The zero-order valence-electron chi connectivity index (χ0n) is 11.6. The van der Waals surface area contributed by atoms with E-state index in [1.54, 1.807) is 13.0 Å². The quantitative estimate of drug-likeness (QED) is 0.794. The fourth-order valence-electron chi connectivity index (χ4n) is 1.87. The van der Waals surface area contributed by atoms with Crippen molar-refractivity contribution in [1.82, 2.24) is 14.7 Å². The minimum Gasteiger partial charge on any atom is -0.360 e. The second-order valence-electron chi connectivity index (χ2n) is 4.59. The molecule has 0 radical (unpaired) electrons. The summed E-state index contributed by atoms with van der Waals surface area (Å²) in [5.74, 6) is 0.536. The van der Waals surface area contributed by atoms with Gasteiger partial charge in [0.05, 0.1) is 16.9 Å². The number of aromatic nitrogens is 3. The molecule has 1 N–H and O–H groups in total. The second kappa shape index (κ2) is 5.94. The lowest BCUT2D eigenvalue weighted by Crippen LogP contribution is -2.27. The van der Waals surface area contributed by atoms with Crippen molar-refractivity contribution in [2.75, 3.05) is 5.32 Å². The van der Waals surface area contributed by atoms with Crippen LogP contribution in [0.2, 0.25) is 0 Å². The molecule has 0 atom stereocenters. The highest BCUT2D eigenvalue weighted by atomic mass is 32.1. The predicted octanol–water partition coefficient (Wildman–Crippen LogP) is 1.91. The lowest BCUT2D eigenvalue weighted by atomic mass is 10.3. The SMILES string of the molecule is Cc1cc(NC(=O)Cn2cnc(-c3cccs3)cc2=O)no1. The van der Waals surface area contributed by atoms with Crippen LogP contribution in [0.25, 0.3) is 10.6 Å². The third-order valence-corrected chi connectivity index (χ3v) is 3.75. The van der Waals surface area contributed by atoms with Crippen LogP contribution in [0.1, 0.15) is 5.76 Å². The molecule has 0 fully saturated rings. The fraction of sp³-hybridized carbons (Fsp3) is 0.143. The molecule has 0 unspecified atom stereocenters. The predicted molar refractivity (Wildman–Crippen MR) is 81.7 cm³/mol. The molecule has 1 amide bonds. The van der Waals surface area contributed by atoms with Crippen molar-refractivity contribution in [3.63, 3.8) is 0 Å². The zero-order valence-corrected chi connectivity index (χ0v) is 12.5. The molecule has 0 saturated carbocycles. The zero-order chi connectivity index (χ0) is 15.5. The van der Waals surface area contributed by atoms with Crippen molar-refractivity contribution in [2.45, 2.75) is 13.5 Å². The first-order chi connectivity index (χ1) is 10.6. The molecule has 0 aliphatic carbocycles. The molecular weight excluding hydrogens is 304 g/mol. The van der Waals surface area contributed by atoms with Crippen molar-refractivity contribution < 1.29 is 9.32 Å². The van der Waals surface area contributed by atoms with Crippen LogP contribution in [0.5, 0.6) is 0 Å². The Morgan fingerprint density at radius 1 is 1.45 bits per heavy atom.